The molecule has 1 heterocycles. The molecule has 1 aromatic carbocycles. The predicted molar refractivity (Wildman–Crippen MR) is 85.3 cm³/mol. The van der Waals surface area contributed by atoms with Gasteiger partial charge in [-0.05, 0) is 36.4 Å². The zero-order chi connectivity index (χ0) is 15.5. The second-order valence-electron chi connectivity index (χ2n) is 4.08. The number of halogens is 4. The lowest BCUT2D eigenvalue weighted by Gasteiger charge is -2.27. The summed E-state index contributed by atoms with van der Waals surface area (Å²) in [6, 6.07) is 9.84. The molecule has 2 N–H and O–H groups in total. The molecular formula is C13H10Cl4N2O2. The Morgan fingerprint density at radius 1 is 1.14 bits per heavy atom. The van der Waals surface area contributed by atoms with Crippen LogP contribution in [0.1, 0.15) is 10.6 Å². The van der Waals surface area contributed by atoms with Crippen molar-refractivity contribution >= 4 is 58.0 Å². The van der Waals surface area contributed by atoms with Gasteiger partial charge in [-0.3, -0.25) is 4.79 Å². The van der Waals surface area contributed by atoms with Gasteiger partial charge >= 0.3 is 0 Å². The van der Waals surface area contributed by atoms with E-state index in [1.54, 1.807) is 30.3 Å². The molecule has 1 aromatic heterocycles. The number of furan rings is 1. The van der Waals surface area contributed by atoms with E-state index in [2.05, 4.69) is 10.6 Å². The number of hydrogen-bond donors (Lipinski definition) is 2. The highest BCUT2D eigenvalue weighted by Gasteiger charge is 2.34. The Bertz CT molecular complexity index is 594. The number of carbonyl (C=O) groups is 1. The monoisotopic (exact) mass is 366 g/mol. The number of anilines is 1. The highest BCUT2D eigenvalue weighted by atomic mass is 35.6. The summed E-state index contributed by atoms with van der Waals surface area (Å²) in [5.41, 5.74) is 0.635. The summed E-state index contributed by atoms with van der Waals surface area (Å²) >= 11 is 23.5. The van der Waals surface area contributed by atoms with E-state index in [9.17, 15) is 4.79 Å². The van der Waals surface area contributed by atoms with Crippen LogP contribution < -0.4 is 10.6 Å². The average molecular weight is 368 g/mol. The van der Waals surface area contributed by atoms with Crippen LogP contribution in [0.5, 0.6) is 0 Å². The highest BCUT2D eigenvalue weighted by Crippen LogP contribution is 2.31. The highest BCUT2D eigenvalue weighted by molar-refractivity contribution is 6.68. The molecule has 0 fully saturated rings. The molecule has 4 nitrogen and oxygen atoms in total. The molecular weight excluding hydrogens is 358 g/mol. The first-order chi connectivity index (χ1) is 9.86. The van der Waals surface area contributed by atoms with Gasteiger partial charge in [0.25, 0.3) is 5.91 Å². The van der Waals surface area contributed by atoms with Crippen LogP contribution >= 0.6 is 46.4 Å². The Kier molecular flexibility index (Phi) is 5.27. The van der Waals surface area contributed by atoms with Crippen molar-refractivity contribution in [3.63, 3.8) is 0 Å². The lowest BCUT2D eigenvalue weighted by Crippen LogP contribution is -2.49. The molecule has 1 atom stereocenters. The van der Waals surface area contributed by atoms with Crippen molar-refractivity contribution in [2.45, 2.75) is 9.96 Å². The van der Waals surface area contributed by atoms with E-state index in [0.717, 1.165) is 0 Å². The Balaban J connectivity index is 2.12. The van der Waals surface area contributed by atoms with Gasteiger partial charge in [-0.1, -0.05) is 46.4 Å². The quantitative estimate of drug-likeness (QED) is 0.619. The Morgan fingerprint density at radius 2 is 1.81 bits per heavy atom. The maximum Gasteiger partial charge on any atom is 0.288 e. The fraction of sp³-hybridized carbons (Fsp3) is 0.154. The van der Waals surface area contributed by atoms with E-state index in [-0.39, 0.29) is 5.76 Å². The van der Waals surface area contributed by atoms with Crippen LogP contribution in [0.4, 0.5) is 5.69 Å². The van der Waals surface area contributed by atoms with Crippen LogP contribution in [0, 0.1) is 0 Å². The lowest BCUT2D eigenvalue weighted by atomic mass is 10.3. The van der Waals surface area contributed by atoms with Gasteiger partial charge in [-0.15, -0.1) is 0 Å². The van der Waals surface area contributed by atoms with Crippen LogP contribution in [-0.4, -0.2) is 15.9 Å². The van der Waals surface area contributed by atoms with Crippen LogP contribution in [0.25, 0.3) is 0 Å². The second-order valence-corrected chi connectivity index (χ2v) is 6.88. The first kappa shape index (κ1) is 16.3. The minimum atomic E-state index is -1.76. The van der Waals surface area contributed by atoms with Gasteiger partial charge in [0.05, 0.1) is 6.26 Å². The van der Waals surface area contributed by atoms with Gasteiger partial charge < -0.3 is 15.1 Å². The molecule has 0 aliphatic heterocycles. The van der Waals surface area contributed by atoms with Gasteiger partial charge in [0, 0.05) is 10.7 Å². The molecule has 21 heavy (non-hydrogen) atoms. The number of rotatable bonds is 4. The van der Waals surface area contributed by atoms with E-state index >= 15 is 0 Å². The molecule has 8 heteroatoms. The zero-order valence-electron chi connectivity index (χ0n) is 10.4. The summed E-state index contributed by atoms with van der Waals surface area (Å²) in [4.78, 5) is 12.0. The van der Waals surface area contributed by atoms with Gasteiger partial charge in [-0.25, -0.2) is 0 Å². The molecule has 0 bridgehead atoms. The van der Waals surface area contributed by atoms with Crippen LogP contribution in [0.2, 0.25) is 5.02 Å². The molecule has 0 spiro atoms. The molecule has 2 rings (SSSR count). The third kappa shape index (κ3) is 4.71. The topological polar surface area (TPSA) is 54.3 Å². The summed E-state index contributed by atoms with van der Waals surface area (Å²) in [5, 5.41) is 6.04. The van der Waals surface area contributed by atoms with Crippen LogP contribution in [0.3, 0.4) is 0 Å². The van der Waals surface area contributed by atoms with E-state index in [4.69, 9.17) is 50.8 Å². The minimum absolute atomic E-state index is 0.118. The molecule has 112 valence electrons. The Hall–Kier alpha value is -1.07. The largest absolute Gasteiger partial charge is 0.459 e. The van der Waals surface area contributed by atoms with E-state index < -0.39 is 15.9 Å². The van der Waals surface area contributed by atoms with Crippen molar-refractivity contribution in [3.05, 3.63) is 53.4 Å². The van der Waals surface area contributed by atoms with Crippen molar-refractivity contribution < 1.29 is 9.21 Å². The van der Waals surface area contributed by atoms with Gasteiger partial charge in [0.15, 0.2) is 5.76 Å². The summed E-state index contributed by atoms with van der Waals surface area (Å²) < 4.78 is 3.23. The van der Waals surface area contributed by atoms with Crippen LogP contribution in [0.15, 0.2) is 47.1 Å². The zero-order valence-corrected chi connectivity index (χ0v) is 13.5. The van der Waals surface area contributed by atoms with E-state index in [1.165, 1.54) is 12.3 Å². The summed E-state index contributed by atoms with van der Waals surface area (Å²) in [6.45, 7) is 0. The summed E-state index contributed by atoms with van der Waals surface area (Å²) in [6.07, 6.45) is 0.424. The number of carbonyl (C=O) groups excluding carboxylic acids is 1. The van der Waals surface area contributed by atoms with Gasteiger partial charge in [0.1, 0.15) is 6.17 Å². The predicted octanol–water partition coefficient (Wildman–Crippen LogP) is 4.47. The first-order valence-electron chi connectivity index (χ1n) is 5.79. The smallest absolute Gasteiger partial charge is 0.288 e. The number of benzene rings is 1. The SMILES string of the molecule is O=C(N[C@H](Nc1ccc(Cl)cc1)C(Cl)(Cl)Cl)c1ccco1. The fourth-order valence-corrected chi connectivity index (χ4v) is 1.98. The number of alkyl halides is 3. The number of nitrogens with one attached hydrogen (secondary N) is 2. The van der Waals surface area contributed by atoms with Gasteiger partial charge in [-0.2, -0.15) is 0 Å². The molecule has 0 radical (unpaired) electrons. The normalized spacial score (nSPS) is 12.8. The number of hydrogen-bond acceptors (Lipinski definition) is 3. The van der Waals surface area contributed by atoms with E-state index in [1.807, 2.05) is 0 Å². The van der Waals surface area contributed by atoms with E-state index in [0.29, 0.717) is 10.7 Å². The van der Waals surface area contributed by atoms with Crippen LogP contribution in [-0.2, 0) is 0 Å². The van der Waals surface area contributed by atoms with Crippen molar-refractivity contribution in [2.24, 2.45) is 0 Å². The standard InChI is InChI=1S/C13H10Cl4N2O2/c14-8-3-5-9(6-4-8)18-12(13(15,16)17)19-11(20)10-2-1-7-21-10/h1-7,12,18H,(H,19,20)/t12-/m0/s1. The first-order valence-corrected chi connectivity index (χ1v) is 7.30. The molecule has 0 aliphatic rings. The van der Waals surface area contributed by atoms with Crippen molar-refractivity contribution in [1.82, 2.24) is 5.32 Å². The van der Waals surface area contributed by atoms with Gasteiger partial charge in [0.2, 0.25) is 3.79 Å². The summed E-state index contributed by atoms with van der Waals surface area (Å²) in [5.74, 6) is -0.384. The van der Waals surface area contributed by atoms with Crippen molar-refractivity contribution in [3.8, 4) is 0 Å². The third-order valence-corrected chi connectivity index (χ3v) is 3.41. The molecule has 0 saturated heterocycles. The molecule has 0 saturated carbocycles. The molecule has 2 aromatic rings. The lowest BCUT2D eigenvalue weighted by molar-refractivity contribution is 0.0914. The molecule has 0 aliphatic carbocycles. The number of amides is 1. The van der Waals surface area contributed by atoms with Crippen molar-refractivity contribution in [2.75, 3.05) is 5.32 Å². The molecule has 1 amide bonds. The average Bonchev–Trinajstić information content (AvgIpc) is 2.93. The third-order valence-electron chi connectivity index (χ3n) is 2.50. The maximum absolute atomic E-state index is 12.0. The Morgan fingerprint density at radius 3 is 2.33 bits per heavy atom. The van der Waals surface area contributed by atoms with Crippen molar-refractivity contribution in [1.29, 1.82) is 0 Å². The maximum atomic E-state index is 12.0. The minimum Gasteiger partial charge on any atom is -0.459 e. The Labute approximate surface area is 141 Å². The fourth-order valence-electron chi connectivity index (χ4n) is 1.52. The second kappa shape index (κ2) is 6.79. The molecule has 0 unspecified atom stereocenters. The summed E-state index contributed by atoms with van der Waals surface area (Å²) in [7, 11) is 0.